The van der Waals surface area contributed by atoms with Gasteiger partial charge in [0.2, 0.25) is 0 Å². The highest BCUT2D eigenvalue weighted by atomic mass is 16.5. The summed E-state index contributed by atoms with van der Waals surface area (Å²) < 4.78 is 10.6. The van der Waals surface area contributed by atoms with Crippen LogP contribution in [-0.2, 0) is 6.61 Å². The Hall–Kier alpha value is -2.17. The SMILES string of the molecule is CC(=O)c1ccccc1OCc1nc(C(C)C)no1. The van der Waals surface area contributed by atoms with Gasteiger partial charge in [-0.05, 0) is 19.1 Å². The number of hydrogen-bond donors (Lipinski definition) is 0. The third-order valence-corrected chi connectivity index (χ3v) is 2.62. The molecule has 5 nitrogen and oxygen atoms in total. The quantitative estimate of drug-likeness (QED) is 0.773. The van der Waals surface area contributed by atoms with E-state index in [1.807, 2.05) is 19.9 Å². The lowest BCUT2D eigenvalue weighted by atomic mass is 10.1. The predicted octanol–water partition coefficient (Wildman–Crippen LogP) is 2.97. The van der Waals surface area contributed by atoms with Crippen LogP contribution < -0.4 is 4.74 Å². The summed E-state index contributed by atoms with van der Waals surface area (Å²) in [7, 11) is 0. The largest absolute Gasteiger partial charge is 0.483 e. The molecule has 0 atom stereocenters. The Morgan fingerprint density at radius 2 is 2.11 bits per heavy atom. The maximum atomic E-state index is 11.4. The van der Waals surface area contributed by atoms with Crippen molar-refractivity contribution in [3.05, 3.63) is 41.5 Å². The summed E-state index contributed by atoms with van der Waals surface area (Å²) in [6.45, 7) is 5.64. The van der Waals surface area contributed by atoms with E-state index in [4.69, 9.17) is 9.26 Å². The van der Waals surface area contributed by atoms with Gasteiger partial charge in [-0.3, -0.25) is 4.79 Å². The van der Waals surface area contributed by atoms with Crippen molar-refractivity contribution in [2.24, 2.45) is 0 Å². The molecule has 0 aliphatic rings. The zero-order valence-electron chi connectivity index (χ0n) is 11.2. The minimum atomic E-state index is -0.0380. The molecule has 0 unspecified atom stereocenters. The first-order valence-corrected chi connectivity index (χ1v) is 6.13. The highest BCUT2D eigenvalue weighted by Crippen LogP contribution is 2.19. The first-order chi connectivity index (χ1) is 9.08. The van der Waals surface area contributed by atoms with Gasteiger partial charge in [0.15, 0.2) is 18.2 Å². The van der Waals surface area contributed by atoms with Gasteiger partial charge in [-0.15, -0.1) is 0 Å². The number of benzene rings is 1. The van der Waals surface area contributed by atoms with Crippen LogP contribution in [0.3, 0.4) is 0 Å². The molecule has 2 aromatic rings. The minimum absolute atomic E-state index is 0.0380. The molecule has 0 amide bonds. The number of ether oxygens (including phenoxy) is 1. The fourth-order valence-corrected chi connectivity index (χ4v) is 1.58. The average Bonchev–Trinajstić information content (AvgIpc) is 2.85. The van der Waals surface area contributed by atoms with Gasteiger partial charge in [0.05, 0.1) is 5.56 Å². The third kappa shape index (κ3) is 3.19. The Morgan fingerprint density at radius 3 is 2.74 bits per heavy atom. The van der Waals surface area contributed by atoms with Gasteiger partial charge in [-0.2, -0.15) is 4.98 Å². The fourth-order valence-electron chi connectivity index (χ4n) is 1.58. The summed E-state index contributed by atoms with van der Waals surface area (Å²) in [5, 5.41) is 3.85. The minimum Gasteiger partial charge on any atom is -0.483 e. The van der Waals surface area contributed by atoms with Crippen LogP contribution in [0.25, 0.3) is 0 Å². The Morgan fingerprint density at radius 1 is 1.37 bits per heavy atom. The Bertz CT molecular complexity index is 576. The summed E-state index contributed by atoms with van der Waals surface area (Å²) >= 11 is 0. The molecule has 2 rings (SSSR count). The van der Waals surface area contributed by atoms with Crippen LogP contribution >= 0.6 is 0 Å². The van der Waals surface area contributed by atoms with Gasteiger partial charge in [-0.1, -0.05) is 31.1 Å². The zero-order valence-corrected chi connectivity index (χ0v) is 11.2. The monoisotopic (exact) mass is 260 g/mol. The van der Waals surface area contributed by atoms with E-state index in [9.17, 15) is 4.79 Å². The number of carbonyl (C=O) groups excluding carboxylic acids is 1. The van der Waals surface area contributed by atoms with Crippen molar-refractivity contribution in [3.8, 4) is 5.75 Å². The normalized spacial score (nSPS) is 10.7. The van der Waals surface area contributed by atoms with Crippen molar-refractivity contribution in [2.45, 2.75) is 33.3 Å². The molecule has 19 heavy (non-hydrogen) atoms. The maximum Gasteiger partial charge on any atom is 0.264 e. The zero-order chi connectivity index (χ0) is 13.8. The molecule has 0 bridgehead atoms. The van der Waals surface area contributed by atoms with Crippen molar-refractivity contribution in [1.82, 2.24) is 10.1 Å². The van der Waals surface area contributed by atoms with Crippen LogP contribution in [0.4, 0.5) is 0 Å². The van der Waals surface area contributed by atoms with Crippen LogP contribution in [0.1, 0.15) is 48.8 Å². The molecule has 1 aromatic heterocycles. The van der Waals surface area contributed by atoms with Gasteiger partial charge in [0.1, 0.15) is 5.75 Å². The number of rotatable bonds is 5. The summed E-state index contributed by atoms with van der Waals surface area (Å²) in [6.07, 6.45) is 0. The number of carbonyl (C=O) groups is 1. The molecule has 0 aliphatic carbocycles. The molecular weight excluding hydrogens is 244 g/mol. The number of Topliss-reactive ketones (excluding diaryl/α,β-unsaturated/α-hetero) is 1. The lowest BCUT2D eigenvalue weighted by molar-refractivity contribution is 0.101. The molecule has 1 aromatic carbocycles. The number of aromatic nitrogens is 2. The fraction of sp³-hybridized carbons (Fsp3) is 0.357. The van der Waals surface area contributed by atoms with Crippen molar-refractivity contribution in [1.29, 1.82) is 0 Å². The third-order valence-electron chi connectivity index (χ3n) is 2.62. The molecule has 0 saturated heterocycles. The summed E-state index contributed by atoms with van der Waals surface area (Å²) in [5.41, 5.74) is 0.547. The Labute approximate surface area is 111 Å². The second kappa shape index (κ2) is 5.65. The van der Waals surface area contributed by atoms with E-state index in [0.29, 0.717) is 23.0 Å². The highest BCUT2D eigenvalue weighted by molar-refractivity contribution is 5.96. The molecule has 100 valence electrons. The van der Waals surface area contributed by atoms with E-state index in [-0.39, 0.29) is 18.3 Å². The van der Waals surface area contributed by atoms with E-state index < -0.39 is 0 Å². The van der Waals surface area contributed by atoms with Crippen LogP contribution in [-0.4, -0.2) is 15.9 Å². The second-order valence-electron chi connectivity index (χ2n) is 4.54. The van der Waals surface area contributed by atoms with Crippen LogP contribution in [0, 0.1) is 0 Å². The summed E-state index contributed by atoms with van der Waals surface area (Å²) in [6, 6.07) is 7.09. The lowest BCUT2D eigenvalue weighted by Gasteiger charge is -2.06. The number of para-hydroxylation sites is 1. The van der Waals surface area contributed by atoms with Gasteiger partial charge in [0, 0.05) is 5.92 Å². The smallest absolute Gasteiger partial charge is 0.264 e. The van der Waals surface area contributed by atoms with Crippen molar-refractivity contribution < 1.29 is 14.1 Å². The van der Waals surface area contributed by atoms with Crippen molar-refractivity contribution in [2.75, 3.05) is 0 Å². The second-order valence-corrected chi connectivity index (χ2v) is 4.54. The van der Waals surface area contributed by atoms with Gasteiger partial charge in [0.25, 0.3) is 5.89 Å². The van der Waals surface area contributed by atoms with Crippen molar-refractivity contribution >= 4 is 5.78 Å². The molecule has 0 aliphatic heterocycles. The van der Waals surface area contributed by atoms with Crippen LogP contribution in [0.2, 0.25) is 0 Å². The summed E-state index contributed by atoms with van der Waals surface area (Å²) in [5.74, 6) is 1.76. The van der Waals surface area contributed by atoms with E-state index >= 15 is 0 Å². The maximum absolute atomic E-state index is 11.4. The molecule has 0 spiro atoms. The summed E-state index contributed by atoms with van der Waals surface area (Å²) in [4.78, 5) is 15.7. The number of nitrogens with zero attached hydrogens (tertiary/aromatic N) is 2. The average molecular weight is 260 g/mol. The van der Waals surface area contributed by atoms with E-state index in [0.717, 1.165) is 0 Å². The first-order valence-electron chi connectivity index (χ1n) is 6.13. The molecule has 1 heterocycles. The van der Waals surface area contributed by atoms with Gasteiger partial charge in [-0.25, -0.2) is 0 Å². The topological polar surface area (TPSA) is 65.2 Å². The number of hydrogen-bond acceptors (Lipinski definition) is 5. The molecule has 5 heteroatoms. The van der Waals surface area contributed by atoms with E-state index in [1.165, 1.54) is 6.92 Å². The van der Waals surface area contributed by atoms with Crippen LogP contribution in [0.5, 0.6) is 5.75 Å². The molecule has 0 fully saturated rings. The molecule has 0 radical (unpaired) electrons. The molecule has 0 saturated carbocycles. The van der Waals surface area contributed by atoms with Crippen molar-refractivity contribution in [3.63, 3.8) is 0 Å². The van der Waals surface area contributed by atoms with Gasteiger partial charge < -0.3 is 9.26 Å². The first kappa shape index (κ1) is 13.3. The molecule has 0 N–H and O–H groups in total. The predicted molar refractivity (Wildman–Crippen MR) is 69.2 cm³/mol. The van der Waals surface area contributed by atoms with E-state index in [1.54, 1.807) is 18.2 Å². The molecular formula is C14H16N2O3. The standard InChI is InChI=1S/C14H16N2O3/c1-9(2)14-15-13(19-16-14)8-18-12-7-5-4-6-11(12)10(3)17/h4-7,9H,8H2,1-3H3. The lowest BCUT2D eigenvalue weighted by Crippen LogP contribution is -2.02. The van der Waals surface area contributed by atoms with E-state index in [2.05, 4.69) is 10.1 Å². The number of ketones is 1. The Kier molecular flexibility index (Phi) is 3.94. The van der Waals surface area contributed by atoms with Crippen LogP contribution in [0.15, 0.2) is 28.8 Å². The highest BCUT2D eigenvalue weighted by Gasteiger charge is 2.12. The van der Waals surface area contributed by atoms with Gasteiger partial charge >= 0.3 is 0 Å². The Balaban J connectivity index is 2.08.